The van der Waals surface area contributed by atoms with Crippen molar-refractivity contribution in [3.63, 3.8) is 0 Å². The Hall–Kier alpha value is -1.36. The zero-order chi connectivity index (χ0) is 9.68. The summed E-state index contributed by atoms with van der Waals surface area (Å²) < 4.78 is 9.57. The Morgan fingerprint density at radius 2 is 2.54 bits per heavy atom. The van der Waals surface area contributed by atoms with Crippen molar-refractivity contribution in [2.24, 2.45) is 5.73 Å². The highest BCUT2D eigenvalue weighted by Crippen LogP contribution is 2.05. The van der Waals surface area contributed by atoms with Gasteiger partial charge in [-0.2, -0.15) is 0 Å². The molecule has 5 heteroatoms. The summed E-state index contributed by atoms with van der Waals surface area (Å²) in [6, 6.07) is 1.55. The van der Waals surface area contributed by atoms with Crippen LogP contribution in [0.4, 0.5) is 0 Å². The van der Waals surface area contributed by atoms with Crippen LogP contribution in [0.5, 0.6) is 0 Å². The molecular weight excluding hydrogens is 172 g/mol. The van der Waals surface area contributed by atoms with E-state index in [1.807, 2.05) is 0 Å². The molecule has 0 aliphatic carbocycles. The van der Waals surface area contributed by atoms with Gasteiger partial charge in [0.1, 0.15) is 5.76 Å². The summed E-state index contributed by atoms with van der Waals surface area (Å²) in [5.74, 6) is 0.139. The summed E-state index contributed by atoms with van der Waals surface area (Å²) in [6.45, 7) is 2.54. The first-order chi connectivity index (χ1) is 6.27. The number of esters is 1. The summed E-state index contributed by atoms with van der Waals surface area (Å²) in [7, 11) is 0. The van der Waals surface area contributed by atoms with E-state index in [0.717, 1.165) is 0 Å². The molecule has 1 rings (SSSR count). The van der Waals surface area contributed by atoms with Gasteiger partial charge in [0, 0.05) is 12.5 Å². The zero-order valence-corrected chi connectivity index (χ0v) is 7.45. The van der Waals surface area contributed by atoms with Crippen LogP contribution < -0.4 is 5.73 Å². The molecule has 1 heterocycles. The molecule has 1 aromatic heterocycles. The fourth-order valence-electron chi connectivity index (χ4n) is 0.874. The van der Waals surface area contributed by atoms with E-state index in [0.29, 0.717) is 25.3 Å². The van der Waals surface area contributed by atoms with Gasteiger partial charge in [-0.3, -0.25) is 0 Å². The van der Waals surface area contributed by atoms with Crippen LogP contribution in [0.25, 0.3) is 0 Å². The van der Waals surface area contributed by atoms with Gasteiger partial charge in [-0.25, -0.2) is 4.79 Å². The molecule has 0 fully saturated rings. The Morgan fingerprint density at radius 3 is 3.15 bits per heavy atom. The monoisotopic (exact) mass is 184 g/mol. The van der Waals surface area contributed by atoms with Crippen molar-refractivity contribution in [3.05, 3.63) is 17.5 Å². The molecule has 0 bridgehead atoms. The van der Waals surface area contributed by atoms with Crippen molar-refractivity contribution in [1.82, 2.24) is 5.16 Å². The van der Waals surface area contributed by atoms with Crippen molar-refractivity contribution in [1.29, 1.82) is 0 Å². The summed E-state index contributed by atoms with van der Waals surface area (Å²) >= 11 is 0. The number of carbonyl (C=O) groups excluding carboxylic acids is 1. The maximum atomic E-state index is 11.1. The molecule has 0 saturated heterocycles. The lowest BCUT2D eigenvalue weighted by Gasteiger charge is -1.94. The molecule has 0 amide bonds. The fourth-order valence-corrected chi connectivity index (χ4v) is 0.874. The van der Waals surface area contributed by atoms with Crippen molar-refractivity contribution >= 4 is 5.97 Å². The van der Waals surface area contributed by atoms with Crippen LogP contribution in [-0.4, -0.2) is 24.3 Å². The normalized spacial score (nSPS) is 10.0. The van der Waals surface area contributed by atoms with Gasteiger partial charge in [-0.15, -0.1) is 0 Å². The second-order valence-corrected chi connectivity index (χ2v) is 2.44. The van der Waals surface area contributed by atoms with E-state index in [1.54, 1.807) is 13.0 Å². The molecule has 0 aromatic carbocycles. The van der Waals surface area contributed by atoms with Gasteiger partial charge < -0.3 is 15.0 Å². The van der Waals surface area contributed by atoms with E-state index >= 15 is 0 Å². The average molecular weight is 184 g/mol. The van der Waals surface area contributed by atoms with Crippen molar-refractivity contribution in [2.45, 2.75) is 13.3 Å². The Balaban J connectivity index is 2.62. The highest BCUT2D eigenvalue weighted by molar-refractivity contribution is 5.87. The van der Waals surface area contributed by atoms with Crippen LogP contribution in [-0.2, 0) is 11.2 Å². The van der Waals surface area contributed by atoms with Crippen LogP contribution in [0.3, 0.4) is 0 Å². The molecule has 1 aromatic rings. The predicted molar refractivity (Wildman–Crippen MR) is 45.2 cm³/mol. The van der Waals surface area contributed by atoms with Gasteiger partial charge in [-0.1, -0.05) is 5.16 Å². The molecule has 72 valence electrons. The zero-order valence-electron chi connectivity index (χ0n) is 7.45. The van der Waals surface area contributed by atoms with Crippen LogP contribution in [0.2, 0.25) is 0 Å². The molecule has 0 spiro atoms. The molecule has 0 unspecified atom stereocenters. The molecule has 2 N–H and O–H groups in total. The number of nitrogens with zero attached hydrogens (tertiary/aromatic N) is 1. The third-order valence-electron chi connectivity index (χ3n) is 1.43. The van der Waals surface area contributed by atoms with Gasteiger partial charge in [0.15, 0.2) is 5.69 Å². The van der Waals surface area contributed by atoms with E-state index in [4.69, 9.17) is 15.0 Å². The highest BCUT2D eigenvalue weighted by Gasteiger charge is 2.12. The topological polar surface area (TPSA) is 78.4 Å². The predicted octanol–water partition coefficient (Wildman–Crippen LogP) is 0.353. The van der Waals surface area contributed by atoms with Gasteiger partial charge in [-0.05, 0) is 13.5 Å². The largest absolute Gasteiger partial charge is 0.461 e. The third kappa shape index (κ3) is 2.55. The molecule has 13 heavy (non-hydrogen) atoms. The van der Waals surface area contributed by atoms with Gasteiger partial charge in [0.25, 0.3) is 0 Å². The summed E-state index contributed by atoms with van der Waals surface area (Å²) in [5.41, 5.74) is 5.50. The first-order valence-electron chi connectivity index (χ1n) is 4.10. The smallest absolute Gasteiger partial charge is 0.360 e. The maximum absolute atomic E-state index is 11.1. The minimum atomic E-state index is -0.463. The van der Waals surface area contributed by atoms with Crippen molar-refractivity contribution in [3.8, 4) is 0 Å². The first-order valence-corrected chi connectivity index (χ1v) is 4.10. The Kier molecular flexibility index (Phi) is 3.45. The standard InChI is InChI=1S/C8H12N2O3/c1-2-12-8(11)7-5-6(3-4-9)13-10-7/h5H,2-4,9H2,1H3. The second kappa shape index (κ2) is 4.61. The van der Waals surface area contributed by atoms with Gasteiger partial charge in [0.05, 0.1) is 6.61 Å². The number of ether oxygens (including phenoxy) is 1. The Bertz CT molecular complexity index is 283. The Labute approximate surface area is 75.8 Å². The van der Waals surface area contributed by atoms with E-state index in [2.05, 4.69) is 5.16 Å². The lowest BCUT2D eigenvalue weighted by molar-refractivity contribution is 0.0514. The van der Waals surface area contributed by atoms with Crippen LogP contribution in [0.15, 0.2) is 10.6 Å². The Morgan fingerprint density at radius 1 is 1.77 bits per heavy atom. The number of nitrogens with two attached hydrogens (primary N) is 1. The number of rotatable bonds is 4. The van der Waals surface area contributed by atoms with E-state index in [1.165, 1.54) is 0 Å². The molecule has 0 radical (unpaired) electrons. The maximum Gasteiger partial charge on any atom is 0.360 e. The lowest BCUT2D eigenvalue weighted by atomic mass is 10.3. The second-order valence-electron chi connectivity index (χ2n) is 2.44. The SMILES string of the molecule is CCOC(=O)c1cc(CCN)on1. The number of hydrogen-bond donors (Lipinski definition) is 1. The van der Waals surface area contributed by atoms with E-state index in [9.17, 15) is 4.79 Å². The summed E-state index contributed by atoms with van der Waals surface area (Å²) in [6.07, 6.45) is 0.576. The quantitative estimate of drug-likeness (QED) is 0.683. The average Bonchev–Trinajstić information content (AvgIpc) is 2.54. The summed E-state index contributed by atoms with van der Waals surface area (Å²) in [5, 5.41) is 3.55. The first kappa shape index (κ1) is 9.73. The number of aromatic nitrogens is 1. The molecule has 0 aliphatic rings. The number of carbonyl (C=O) groups is 1. The van der Waals surface area contributed by atoms with Crippen molar-refractivity contribution < 1.29 is 14.1 Å². The number of hydrogen-bond acceptors (Lipinski definition) is 5. The minimum Gasteiger partial charge on any atom is -0.461 e. The van der Waals surface area contributed by atoms with Crippen molar-refractivity contribution in [2.75, 3.05) is 13.2 Å². The molecule has 5 nitrogen and oxygen atoms in total. The highest BCUT2D eigenvalue weighted by atomic mass is 16.5. The third-order valence-corrected chi connectivity index (χ3v) is 1.43. The van der Waals surface area contributed by atoms with Crippen LogP contribution >= 0.6 is 0 Å². The molecule has 0 aliphatic heterocycles. The van der Waals surface area contributed by atoms with E-state index < -0.39 is 5.97 Å². The lowest BCUT2D eigenvalue weighted by Crippen LogP contribution is -2.04. The minimum absolute atomic E-state index is 0.199. The molecular formula is C8H12N2O3. The van der Waals surface area contributed by atoms with Crippen LogP contribution in [0.1, 0.15) is 23.2 Å². The van der Waals surface area contributed by atoms with Crippen LogP contribution in [0, 0.1) is 0 Å². The molecule has 0 atom stereocenters. The van der Waals surface area contributed by atoms with Gasteiger partial charge in [0.2, 0.25) is 0 Å². The fraction of sp³-hybridized carbons (Fsp3) is 0.500. The molecule has 0 saturated carbocycles. The summed E-state index contributed by atoms with van der Waals surface area (Å²) in [4.78, 5) is 11.1. The van der Waals surface area contributed by atoms with E-state index in [-0.39, 0.29) is 5.69 Å². The van der Waals surface area contributed by atoms with Gasteiger partial charge >= 0.3 is 5.97 Å².